The van der Waals surface area contributed by atoms with Gasteiger partial charge in [-0.1, -0.05) is 192 Å². The molecular weight excluding hydrogens is 582 g/mol. The van der Waals surface area contributed by atoms with E-state index in [1.165, 1.54) is 135 Å². The highest BCUT2D eigenvalue weighted by molar-refractivity contribution is 5.80. The van der Waals surface area contributed by atoms with Crippen LogP contribution in [0.3, 0.4) is 0 Å². The van der Waals surface area contributed by atoms with E-state index in [-0.39, 0.29) is 6.61 Å². The number of unbranched alkanes of at least 4 members (excludes halogenated alkanes) is 24. The Bertz CT molecular complexity index is 734. The number of hydrogen-bond acceptors (Lipinski definition) is 4. The SMILES string of the molecule is CCCCCCCCCCCCCC/C=C/CC/C=C/CC/C=C/C(O)C(CO)NC(=O)C(O)CCCCCCCCCCCCC. The van der Waals surface area contributed by atoms with Gasteiger partial charge in [0, 0.05) is 0 Å². The van der Waals surface area contributed by atoms with Gasteiger partial charge in [0.2, 0.25) is 5.91 Å². The van der Waals surface area contributed by atoms with Gasteiger partial charge in [0.25, 0.3) is 0 Å². The van der Waals surface area contributed by atoms with Crippen LogP contribution in [0.2, 0.25) is 0 Å². The van der Waals surface area contributed by atoms with Gasteiger partial charge in [-0.05, 0) is 44.9 Å². The van der Waals surface area contributed by atoms with E-state index in [2.05, 4.69) is 43.5 Å². The van der Waals surface area contributed by atoms with Crippen molar-refractivity contribution in [3.05, 3.63) is 36.5 Å². The maximum absolute atomic E-state index is 12.4. The second-order valence-electron chi connectivity index (χ2n) is 13.8. The Kier molecular flexibility index (Phi) is 36.3. The molecule has 0 rings (SSSR count). The summed E-state index contributed by atoms with van der Waals surface area (Å²) in [6.45, 7) is 4.14. The smallest absolute Gasteiger partial charge is 0.249 e. The average Bonchev–Trinajstić information content (AvgIpc) is 3.07. The lowest BCUT2D eigenvalue weighted by Gasteiger charge is -2.21. The molecule has 276 valence electrons. The first kappa shape index (κ1) is 45.6. The van der Waals surface area contributed by atoms with Crippen molar-refractivity contribution in [1.29, 1.82) is 0 Å². The maximum Gasteiger partial charge on any atom is 0.249 e. The second-order valence-corrected chi connectivity index (χ2v) is 13.8. The highest BCUT2D eigenvalue weighted by Crippen LogP contribution is 2.14. The number of carbonyl (C=O) groups is 1. The Morgan fingerprint density at radius 3 is 1.30 bits per heavy atom. The van der Waals surface area contributed by atoms with Crippen LogP contribution in [0.15, 0.2) is 36.5 Å². The zero-order valence-electron chi connectivity index (χ0n) is 31.2. The van der Waals surface area contributed by atoms with Crippen molar-refractivity contribution in [1.82, 2.24) is 5.32 Å². The van der Waals surface area contributed by atoms with Crippen molar-refractivity contribution >= 4 is 5.91 Å². The van der Waals surface area contributed by atoms with E-state index in [0.29, 0.717) is 6.42 Å². The molecule has 0 radical (unpaired) electrons. The van der Waals surface area contributed by atoms with Crippen LogP contribution in [0.25, 0.3) is 0 Å². The first-order chi connectivity index (χ1) is 23.1. The third kappa shape index (κ3) is 32.9. The predicted octanol–water partition coefficient (Wildman–Crippen LogP) is 11.2. The fourth-order valence-corrected chi connectivity index (χ4v) is 5.98. The summed E-state index contributed by atoms with van der Waals surface area (Å²) in [6, 6.07) is -0.817. The van der Waals surface area contributed by atoms with E-state index in [1.807, 2.05) is 6.08 Å². The topological polar surface area (TPSA) is 89.8 Å². The molecule has 0 saturated carbocycles. The van der Waals surface area contributed by atoms with Gasteiger partial charge in [-0.15, -0.1) is 0 Å². The van der Waals surface area contributed by atoms with Gasteiger partial charge >= 0.3 is 0 Å². The normalized spacial score (nSPS) is 14.1. The number of allylic oxidation sites excluding steroid dienone is 5. The van der Waals surface area contributed by atoms with Crippen LogP contribution >= 0.6 is 0 Å². The molecule has 0 aliphatic rings. The third-order valence-electron chi connectivity index (χ3n) is 9.21. The van der Waals surface area contributed by atoms with Crippen molar-refractivity contribution in [3.8, 4) is 0 Å². The molecule has 5 heteroatoms. The summed E-state index contributed by atoms with van der Waals surface area (Å²) in [7, 11) is 0. The highest BCUT2D eigenvalue weighted by atomic mass is 16.3. The molecule has 0 spiro atoms. The van der Waals surface area contributed by atoms with Crippen molar-refractivity contribution in [2.45, 2.75) is 218 Å². The fourth-order valence-electron chi connectivity index (χ4n) is 5.98. The van der Waals surface area contributed by atoms with Crippen molar-refractivity contribution in [2.75, 3.05) is 6.61 Å². The Hall–Kier alpha value is -1.43. The summed E-state index contributed by atoms with van der Waals surface area (Å²) in [5.74, 6) is -0.519. The second kappa shape index (κ2) is 37.4. The molecule has 3 unspecified atom stereocenters. The minimum atomic E-state index is -1.10. The molecule has 0 aliphatic heterocycles. The number of aliphatic hydroxyl groups is 3. The molecule has 4 N–H and O–H groups in total. The van der Waals surface area contributed by atoms with E-state index in [1.54, 1.807) is 6.08 Å². The van der Waals surface area contributed by atoms with Crippen LogP contribution in [-0.2, 0) is 4.79 Å². The van der Waals surface area contributed by atoms with Crippen molar-refractivity contribution < 1.29 is 20.1 Å². The maximum atomic E-state index is 12.4. The summed E-state index contributed by atoms with van der Waals surface area (Å²) >= 11 is 0. The summed E-state index contributed by atoms with van der Waals surface area (Å²) in [4.78, 5) is 12.4. The monoisotopic (exact) mass is 662 g/mol. The zero-order valence-corrected chi connectivity index (χ0v) is 31.2. The van der Waals surface area contributed by atoms with Crippen LogP contribution in [0, 0.1) is 0 Å². The summed E-state index contributed by atoms with van der Waals surface area (Å²) in [6.07, 6.45) is 46.0. The number of carbonyl (C=O) groups excluding carboxylic acids is 1. The molecule has 3 atom stereocenters. The first-order valence-corrected chi connectivity index (χ1v) is 20.3. The Morgan fingerprint density at radius 2 is 0.872 bits per heavy atom. The molecule has 0 aliphatic carbocycles. The lowest BCUT2D eigenvalue weighted by molar-refractivity contribution is -0.131. The molecule has 0 bridgehead atoms. The van der Waals surface area contributed by atoms with Crippen LogP contribution in [0.5, 0.6) is 0 Å². The van der Waals surface area contributed by atoms with Gasteiger partial charge in [0.1, 0.15) is 6.10 Å². The van der Waals surface area contributed by atoms with Gasteiger partial charge < -0.3 is 20.6 Å². The van der Waals surface area contributed by atoms with E-state index in [9.17, 15) is 20.1 Å². The number of hydrogen-bond donors (Lipinski definition) is 4. The highest BCUT2D eigenvalue weighted by Gasteiger charge is 2.22. The molecule has 0 aromatic rings. The summed E-state index contributed by atoms with van der Waals surface area (Å²) < 4.78 is 0. The van der Waals surface area contributed by atoms with E-state index in [4.69, 9.17) is 0 Å². The molecule has 0 heterocycles. The van der Waals surface area contributed by atoms with E-state index < -0.39 is 24.2 Å². The number of nitrogens with one attached hydrogen (secondary N) is 1. The van der Waals surface area contributed by atoms with Gasteiger partial charge in [0.05, 0.1) is 18.8 Å². The van der Waals surface area contributed by atoms with Crippen LogP contribution in [0.4, 0.5) is 0 Å². The fraction of sp³-hybridized carbons (Fsp3) is 0.833. The minimum absolute atomic E-state index is 0.380. The first-order valence-electron chi connectivity index (χ1n) is 20.3. The van der Waals surface area contributed by atoms with Gasteiger partial charge in [0.15, 0.2) is 0 Å². The molecule has 5 nitrogen and oxygen atoms in total. The van der Waals surface area contributed by atoms with E-state index >= 15 is 0 Å². The quantitative estimate of drug-likeness (QED) is 0.0397. The Morgan fingerprint density at radius 1 is 0.511 bits per heavy atom. The summed E-state index contributed by atoms with van der Waals surface area (Å²) in [5, 5.41) is 32.9. The molecule has 0 saturated heterocycles. The molecular formula is C42H79NO4. The molecule has 0 fully saturated rings. The number of aliphatic hydroxyl groups excluding tert-OH is 3. The van der Waals surface area contributed by atoms with E-state index in [0.717, 1.165) is 44.9 Å². The van der Waals surface area contributed by atoms with Crippen LogP contribution < -0.4 is 5.32 Å². The number of rotatable bonds is 36. The largest absolute Gasteiger partial charge is 0.394 e. The third-order valence-corrected chi connectivity index (χ3v) is 9.21. The minimum Gasteiger partial charge on any atom is -0.394 e. The summed E-state index contributed by atoms with van der Waals surface area (Å²) in [5.41, 5.74) is 0. The Labute approximate surface area is 292 Å². The van der Waals surface area contributed by atoms with Crippen LogP contribution in [-0.4, -0.2) is 46.1 Å². The zero-order chi connectivity index (χ0) is 34.5. The predicted molar refractivity (Wildman–Crippen MR) is 204 cm³/mol. The van der Waals surface area contributed by atoms with Gasteiger partial charge in [-0.2, -0.15) is 0 Å². The Balaban J connectivity index is 3.76. The lowest BCUT2D eigenvalue weighted by atomic mass is 10.0. The standard InChI is InChI=1S/C42H79NO4/c1-3-5-7-9-11-13-15-16-17-18-19-20-21-22-23-24-25-27-28-30-32-34-36-40(45)39(38-44)43-42(47)41(46)37-35-33-31-29-26-14-12-10-8-6-4-2/h22-23,27-28,34,36,39-41,44-46H,3-21,24-26,29-33,35,37-38H2,1-2H3,(H,43,47)/b23-22+,28-27+,36-34+. The van der Waals surface area contributed by atoms with Gasteiger partial charge in [-0.3, -0.25) is 4.79 Å². The number of amides is 1. The molecule has 0 aromatic heterocycles. The molecule has 1 amide bonds. The molecule has 0 aromatic carbocycles. The van der Waals surface area contributed by atoms with Crippen molar-refractivity contribution in [2.24, 2.45) is 0 Å². The lowest BCUT2D eigenvalue weighted by Crippen LogP contribution is -2.48. The average molecular weight is 662 g/mol. The molecule has 47 heavy (non-hydrogen) atoms. The van der Waals surface area contributed by atoms with Gasteiger partial charge in [-0.25, -0.2) is 0 Å². The van der Waals surface area contributed by atoms with Crippen LogP contribution in [0.1, 0.15) is 200 Å². The van der Waals surface area contributed by atoms with Crippen molar-refractivity contribution in [3.63, 3.8) is 0 Å².